The fraction of sp³-hybridized carbons (Fsp3) is 0.538. The predicted molar refractivity (Wildman–Crippen MR) is 70.7 cm³/mol. The fourth-order valence-corrected chi connectivity index (χ4v) is 2.87. The average Bonchev–Trinajstić information content (AvgIpc) is 2.95. The van der Waals surface area contributed by atoms with E-state index >= 15 is 0 Å². The fourth-order valence-electron chi connectivity index (χ4n) is 2.87. The van der Waals surface area contributed by atoms with Crippen molar-refractivity contribution in [2.75, 3.05) is 18.9 Å². The second-order valence-corrected chi connectivity index (χ2v) is 5.40. The molecular weight excluding hydrogens is 244 g/mol. The van der Waals surface area contributed by atoms with Crippen LogP contribution in [0.5, 0.6) is 0 Å². The van der Waals surface area contributed by atoms with E-state index in [2.05, 4.69) is 23.9 Å². The van der Waals surface area contributed by atoms with Gasteiger partial charge in [0.15, 0.2) is 5.82 Å². The Bertz CT molecular complexity index is 612. The summed E-state index contributed by atoms with van der Waals surface area (Å²) in [6.07, 6.45) is 1.33. The Morgan fingerprint density at radius 2 is 2.37 bits per heavy atom. The highest BCUT2D eigenvalue weighted by Crippen LogP contribution is 2.41. The molecular formula is C13H18N4O2. The summed E-state index contributed by atoms with van der Waals surface area (Å²) in [4.78, 5) is 3.99. The maximum atomic E-state index is 9.35. The van der Waals surface area contributed by atoms with Crippen LogP contribution in [0.2, 0.25) is 0 Å². The maximum absolute atomic E-state index is 9.35. The summed E-state index contributed by atoms with van der Waals surface area (Å²) < 4.78 is 7.52. The van der Waals surface area contributed by atoms with Crippen molar-refractivity contribution in [3.05, 3.63) is 24.2 Å². The minimum Gasteiger partial charge on any atom is -0.394 e. The zero-order valence-corrected chi connectivity index (χ0v) is 11.1. The zero-order chi connectivity index (χ0) is 13.6. The number of rotatable bonds is 2. The SMILES string of the molecule is CC1C(CO)OCC1(C)c1ccc2c(N)ncnn12. The van der Waals surface area contributed by atoms with Gasteiger partial charge in [-0.25, -0.2) is 9.50 Å². The van der Waals surface area contributed by atoms with Crippen LogP contribution in [0.3, 0.4) is 0 Å². The highest BCUT2D eigenvalue weighted by atomic mass is 16.5. The number of nitrogens with zero attached hydrogens (tertiary/aromatic N) is 3. The highest BCUT2D eigenvalue weighted by Gasteiger charge is 2.46. The van der Waals surface area contributed by atoms with Gasteiger partial charge in [-0.3, -0.25) is 0 Å². The van der Waals surface area contributed by atoms with E-state index in [1.165, 1.54) is 6.33 Å². The van der Waals surface area contributed by atoms with Crippen molar-refractivity contribution in [3.8, 4) is 0 Å². The van der Waals surface area contributed by atoms with Gasteiger partial charge in [-0.2, -0.15) is 5.10 Å². The second kappa shape index (κ2) is 4.18. The Kier molecular flexibility index (Phi) is 2.72. The first-order valence-electron chi connectivity index (χ1n) is 6.39. The lowest BCUT2D eigenvalue weighted by Gasteiger charge is -2.28. The van der Waals surface area contributed by atoms with Gasteiger partial charge in [-0.15, -0.1) is 0 Å². The number of hydrogen-bond donors (Lipinski definition) is 2. The van der Waals surface area contributed by atoms with Crippen molar-refractivity contribution in [2.45, 2.75) is 25.4 Å². The van der Waals surface area contributed by atoms with Gasteiger partial charge in [0, 0.05) is 5.41 Å². The number of fused-ring (bicyclic) bond motifs is 1. The molecule has 3 unspecified atom stereocenters. The third-order valence-corrected chi connectivity index (χ3v) is 4.41. The molecule has 1 aliphatic rings. The number of aromatic nitrogens is 3. The van der Waals surface area contributed by atoms with Crippen LogP contribution < -0.4 is 5.73 Å². The molecule has 0 saturated carbocycles. The lowest BCUT2D eigenvalue weighted by molar-refractivity contribution is 0.0428. The Morgan fingerprint density at radius 1 is 1.58 bits per heavy atom. The van der Waals surface area contributed by atoms with Crippen molar-refractivity contribution in [3.63, 3.8) is 0 Å². The minimum absolute atomic E-state index is 0.0389. The summed E-state index contributed by atoms with van der Waals surface area (Å²) >= 11 is 0. The van der Waals surface area contributed by atoms with Crippen LogP contribution in [0.4, 0.5) is 5.82 Å². The molecule has 3 atom stereocenters. The molecule has 3 N–H and O–H groups in total. The number of anilines is 1. The van der Waals surface area contributed by atoms with Gasteiger partial charge >= 0.3 is 0 Å². The van der Waals surface area contributed by atoms with Crippen molar-refractivity contribution in [1.82, 2.24) is 14.6 Å². The van der Waals surface area contributed by atoms with E-state index in [9.17, 15) is 5.11 Å². The van der Waals surface area contributed by atoms with E-state index in [-0.39, 0.29) is 24.0 Å². The topological polar surface area (TPSA) is 85.7 Å². The molecule has 0 aromatic carbocycles. The molecule has 0 aliphatic carbocycles. The van der Waals surface area contributed by atoms with E-state index in [4.69, 9.17) is 10.5 Å². The second-order valence-electron chi connectivity index (χ2n) is 5.40. The first-order valence-corrected chi connectivity index (χ1v) is 6.39. The lowest BCUT2D eigenvalue weighted by Crippen LogP contribution is -2.34. The first-order chi connectivity index (χ1) is 9.08. The monoisotopic (exact) mass is 262 g/mol. The van der Waals surface area contributed by atoms with Crippen LogP contribution in [0.15, 0.2) is 18.5 Å². The van der Waals surface area contributed by atoms with Gasteiger partial charge in [0.05, 0.1) is 25.0 Å². The summed E-state index contributed by atoms with van der Waals surface area (Å²) in [6, 6.07) is 3.94. The van der Waals surface area contributed by atoms with Crippen molar-refractivity contribution >= 4 is 11.3 Å². The zero-order valence-electron chi connectivity index (χ0n) is 11.1. The summed E-state index contributed by atoms with van der Waals surface area (Å²) in [6.45, 7) is 4.83. The molecule has 2 aromatic rings. The molecule has 3 heterocycles. The van der Waals surface area contributed by atoms with Crippen LogP contribution in [-0.4, -0.2) is 39.0 Å². The normalized spacial score (nSPS) is 31.1. The third kappa shape index (κ3) is 1.63. The quantitative estimate of drug-likeness (QED) is 0.827. The molecule has 1 fully saturated rings. The molecule has 0 bridgehead atoms. The number of nitrogen functional groups attached to an aromatic ring is 1. The Morgan fingerprint density at radius 3 is 3.05 bits per heavy atom. The molecule has 2 aromatic heterocycles. The molecule has 6 nitrogen and oxygen atoms in total. The molecule has 3 rings (SSSR count). The summed E-state index contributed by atoms with van der Waals surface area (Å²) in [5.74, 6) is 0.668. The van der Waals surface area contributed by atoms with Gasteiger partial charge in [-0.05, 0) is 18.1 Å². The van der Waals surface area contributed by atoms with E-state index < -0.39 is 0 Å². The number of hydrogen-bond acceptors (Lipinski definition) is 5. The Balaban J connectivity index is 2.12. The van der Waals surface area contributed by atoms with Gasteiger partial charge < -0.3 is 15.6 Å². The Labute approximate surface area is 111 Å². The van der Waals surface area contributed by atoms with Crippen LogP contribution in [-0.2, 0) is 10.2 Å². The van der Waals surface area contributed by atoms with Gasteiger partial charge in [-0.1, -0.05) is 13.8 Å². The number of nitrogens with two attached hydrogens (primary N) is 1. The third-order valence-electron chi connectivity index (χ3n) is 4.41. The number of ether oxygens (including phenoxy) is 1. The maximum Gasteiger partial charge on any atom is 0.151 e. The van der Waals surface area contributed by atoms with E-state index in [0.29, 0.717) is 12.4 Å². The summed E-state index contributed by atoms with van der Waals surface area (Å²) in [5.41, 5.74) is 7.51. The molecule has 0 amide bonds. The molecule has 19 heavy (non-hydrogen) atoms. The van der Waals surface area contributed by atoms with Crippen LogP contribution in [0, 0.1) is 5.92 Å². The smallest absolute Gasteiger partial charge is 0.151 e. The van der Waals surface area contributed by atoms with E-state index in [1.807, 2.05) is 16.6 Å². The average molecular weight is 262 g/mol. The van der Waals surface area contributed by atoms with Crippen molar-refractivity contribution in [1.29, 1.82) is 0 Å². The summed E-state index contributed by atoms with van der Waals surface area (Å²) in [5, 5.41) is 13.6. The van der Waals surface area contributed by atoms with E-state index in [1.54, 1.807) is 0 Å². The molecule has 1 saturated heterocycles. The molecule has 0 spiro atoms. The minimum atomic E-state index is -0.194. The van der Waals surface area contributed by atoms with Crippen molar-refractivity contribution in [2.24, 2.45) is 5.92 Å². The van der Waals surface area contributed by atoms with Crippen LogP contribution >= 0.6 is 0 Å². The standard InChI is InChI=1S/C13H18N4O2/c1-8-10(5-18)19-6-13(8,2)11-4-3-9-12(14)15-7-16-17(9)11/h3-4,7-8,10,18H,5-6H2,1-2H3,(H2,14,15,16). The highest BCUT2D eigenvalue weighted by molar-refractivity contribution is 5.65. The lowest BCUT2D eigenvalue weighted by atomic mass is 9.76. The van der Waals surface area contributed by atoms with Gasteiger partial charge in [0.2, 0.25) is 0 Å². The largest absolute Gasteiger partial charge is 0.394 e. The Hall–Kier alpha value is -1.66. The predicted octanol–water partition coefficient (Wildman–Crippen LogP) is 0.596. The van der Waals surface area contributed by atoms with E-state index in [0.717, 1.165) is 11.2 Å². The summed E-state index contributed by atoms with van der Waals surface area (Å²) in [7, 11) is 0. The van der Waals surface area contributed by atoms with Crippen LogP contribution in [0.1, 0.15) is 19.5 Å². The molecule has 102 valence electrons. The van der Waals surface area contributed by atoms with Gasteiger partial charge in [0.25, 0.3) is 0 Å². The van der Waals surface area contributed by atoms with Crippen molar-refractivity contribution < 1.29 is 9.84 Å². The molecule has 0 radical (unpaired) electrons. The molecule has 6 heteroatoms. The number of aliphatic hydroxyl groups is 1. The molecule has 1 aliphatic heterocycles. The van der Waals surface area contributed by atoms with Crippen LogP contribution in [0.25, 0.3) is 5.52 Å². The van der Waals surface area contributed by atoms with Gasteiger partial charge in [0.1, 0.15) is 11.8 Å². The first kappa shape index (κ1) is 12.4. The number of aliphatic hydroxyl groups excluding tert-OH is 1.